The summed E-state index contributed by atoms with van der Waals surface area (Å²) in [5.74, 6) is -0.0507. The number of hydrogen-bond donors (Lipinski definition) is 2. The van der Waals surface area contributed by atoms with Crippen molar-refractivity contribution in [2.24, 2.45) is 5.92 Å². The van der Waals surface area contributed by atoms with Gasteiger partial charge in [-0.2, -0.15) is 9.40 Å². The summed E-state index contributed by atoms with van der Waals surface area (Å²) in [6.07, 6.45) is 2.08. The van der Waals surface area contributed by atoms with Gasteiger partial charge in [0.15, 0.2) is 0 Å². The number of anilines is 2. The van der Waals surface area contributed by atoms with Crippen LogP contribution in [0.4, 0.5) is 16.3 Å². The average molecular weight is 634 g/mol. The van der Waals surface area contributed by atoms with Gasteiger partial charge in [-0.25, -0.2) is 22.7 Å². The number of furan rings is 1. The number of hydrogen-bond acceptors (Lipinski definition) is 7. The lowest BCUT2D eigenvalue weighted by Gasteiger charge is -2.30. The Kier molecular flexibility index (Phi) is 9.17. The van der Waals surface area contributed by atoms with Crippen molar-refractivity contribution >= 4 is 33.5 Å². The number of methoxy groups -OCH3 is 1. The molecule has 11 nitrogen and oxygen atoms in total. The number of aryl methyl sites for hydroxylation is 1. The highest BCUT2D eigenvalue weighted by atomic mass is 32.2. The lowest BCUT2D eigenvalue weighted by atomic mass is 9.91. The Bertz CT molecular complexity index is 1780. The van der Waals surface area contributed by atoms with Crippen LogP contribution >= 0.6 is 0 Å². The Balaban J connectivity index is 1.20. The highest BCUT2D eigenvalue weighted by Gasteiger charge is 2.32. The number of amides is 2. The van der Waals surface area contributed by atoms with Crippen molar-refractivity contribution in [3.63, 3.8) is 0 Å². The van der Waals surface area contributed by atoms with Crippen LogP contribution in [-0.4, -0.2) is 54.7 Å². The average Bonchev–Trinajstić information content (AvgIpc) is 3.66. The van der Waals surface area contributed by atoms with Crippen molar-refractivity contribution in [1.82, 2.24) is 14.1 Å². The van der Waals surface area contributed by atoms with Crippen molar-refractivity contribution in [3.8, 4) is 5.69 Å². The summed E-state index contributed by atoms with van der Waals surface area (Å²) < 4.78 is 39.1. The first kappa shape index (κ1) is 32.0. The topological polar surface area (TPSA) is 136 Å². The van der Waals surface area contributed by atoms with E-state index in [0.717, 1.165) is 28.9 Å². The van der Waals surface area contributed by atoms with Crippen molar-refractivity contribution in [2.75, 3.05) is 30.8 Å². The molecule has 1 saturated heterocycles. The van der Waals surface area contributed by atoms with E-state index < -0.39 is 16.0 Å². The Morgan fingerprint density at radius 3 is 2.38 bits per heavy atom. The van der Waals surface area contributed by atoms with Gasteiger partial charge >= 0.3 is 12.0 Å². The van der Waals surface area contributed by atoms with Gasteiger partial charge in [-0.1, -0.05) is 50.6 Å². The van der Waals surface area contributed by atoms with Crippen molar-refractivity contribution in [1.29, 1.82) is 0 Å². The normalized spacial score (nSPS) is 14.7. The van der Waals surface area contributed by atoms with Gasteiger partial charge in [0.05, 0.1) is 18.5 Å². The van der Waals surface area contributed by atoms with E-state index in [1.807, 2.05) is 61.5 Å². The van der Waals surface area contributed by atoms with E-state index >= 15 is 0 Å². The number of piperidine rings is 1. The molecule has 12 heteroatoms. The van der Waals surface area contributed by atoms with Gasteiger partial charge in [-0.05, 0) is 74.1 Å². The number of esters is 1. The number of carbonyl (C=O) groups is 2. The molecule has 2 aromatic heterocycles. The fourth-order valence-electron chi connectivity index (χ4n) is 5.26. The number of benzene rings is 2. The highest BCUT2D eigenvalue weighted by Crippen LogP contribution is 2.29. The number of rotatable bonds is 8. The predicted octanol–water partition coefficient (Wildman–Crippen LogP) is 6.15. The number of sulfonamides is 1. The van der Waals surface area contributed by atoms with Gasteiger partial charge in [-0.15, -0.1) is 0 Å². The molecule has 1 aliphatic rings. The predicted molar refractivity (Wildman–Crippen MR) is 171 cm³/mol. The SMILES string of the molecule is COC(=O)c1ccc(S(=O)(=O)N2CCC(Cc3cccc(NC(=O)Nc4cc(C(C)(C)C)nn4-c4ccc(C)cc4)c3)CC2)o1. The molecule has 5 rings (SSSR count). The molecule has 1 fully saturated rings. The van der Waals surface area contributed by atoms with E-state index in [4.69, 9.17) is 9.52 Å². The summed E-state index contributed by atoms with van der Waals surface area (Å²) in [5.41, 5.74) is 4.33. The third-order valence-electron chi connectivity index (χ3n) is 7.84. The van der Waals surface area contributed by atoms with Crippen molar-refractivity contribution in [3.05, 3.63) is 89.3 Å². The number of carbonyl (C=O) groups excluding carboxylic acids is 2. The number of aromatic nitrogens is 2. The van der Waals surface area contributed by atoms with Crippen LogP contribution in [0, 0.1) is 12.8 Å². The summed E-state index contributed by atoms with van der Waals surface area (Å²) in [5, 5.41) is 10.4. The molecule has 0 spiro atoms. The van der Waals surface area contributed by atoms with Gasteiger partial charge in [0.2, 0.25) is 10.9 Å². The van der Waals surface area contributed by atoms with Crippen LogP contribution in [0.15, 0.2) is 76.2 Å². The molecule has 0 bridgehead atoms. The Labute approximate surface area is 263 Å². The summed E-state index contributed by atoms with van der Waals surface area (Å²) in [6.45, 7) is 8.93. The smallest absolute Gasteiger partial charge is 0.374 e. The zero-order valence-corrected chi connectivity index (χ0v) is 27.0. The van der Waals surface area contributed by atoms with Gasteiger partial charge in [-0.3, -0.25) is 5.32 Å². The van der Waals surface area contributed by atoms with Crippen LogP contribution in [-0.2, 0) is 26.6 Å². The van der Waals surface area contributed by atoms with Crippen molar-refractivity contribution < 1.29 is 27.2 Å². The van der Waals surface area contributed by atoms with Crippen molar-refractivity contribution in [2.45, 2.75) is 57.5 Å². The molecule has 0 saturated carbocycles. The zero-order chi connectivity index (χ0) is 32.4. The minimum Gasteiger partial charge on any atom is -0.463 e. The van der Waals surface area contributed by atoms with E-state index in [0.29, 0.717) is 37.4 Å². The summed E-state index contributed by atoms with van der Waals surface area (Å²) in [4.78, 5) is 24.8. The van der Waals surface area contributed by atoms with E-state index in [1.165, 1.54) is 23.5 Å². The quantitative estimate of drug-likeness (QED) is 0.222. The van der Waals surface area contributed by atoms with Gasteiger partial charge < -0.3 is 14.5 Å². The number of nitrogens with one attached hydrogen (secondary N) is 2. The van der Waals surface area contributed by atoms with E-state index in [9.17, 15) is 18.0 Å². The molecule has 238 valence electrons. The Morgan fingerprint density at radius 1 is 1.00 bits per heavy atom. The molecule has 0 unspecified atom stereocenters. The third-order valence-corrected chi connectivity index (χ3v) is 9.62. The second kappa shape index (κ2) is 12.9. The van der Waals surface area contributed by atoms with Gasteiger partial charge in [0.25, 0.3) is 10.0 Å². The summed E-state index contributed by atoms with van der Waals surface area (Å²) in [6, 6.07) is 19.7. The largest absolute Gasteiger partial charge is 0.463 e. The van der Waals surface area contributed by atoms with Crippen LogP contribution in [0.5, 0.6) is 0 Å². The van der Waals surface area contributed by atoms with E-state index in [2.05, 4.69) is 36.1 Å². The first-order chi connectivity index (χ1) is 21.3. The maximum absolute atomic E-state index is 13.1. The van der Waals surface area contributed by atoms with Crippen LogP contribution in [0.3, 0.4) is 0 Å². The fraction of sp³-hybridized carbons (Fsp3) is 0.364. The standard InChI is InChI=1S/C33H39N5O6S/c1-22-9-11-26(12-10-22)38-29(21-28(36-38)33(2,3)4)35-32(40)34-25-8-6-7-24(20-25)19-23-15-17-37(18-16-23)45(41,42)30-14-13-27(44-30)31(39)43-5/h6-14,20-21,23H,15-19H2,1-5H3,(H2,34,35,40). The second-order valence-corrected chi connectivity index (χ2v) is 14.2. The summed E-state index contributed by atoms with van der Waals surface area (Å²) in [7, 11) is -2.65. The molecular weight excluding hydrogens is 594 g/mol. The molecule has 3 heterocycles. The molecule has 0 atom stereocenters. The lowest BCUT2D eigenvalue weighted by molar-refractivity contribution is 0.0558. The lowest BCUT2D eigenvalue weighted by Crippen LogP contribution is -2.38. The third kappa shape index (κ3) is 7.46. The van der Waals surface area contributed by atoms with E-state index in [1.54, 1.807) is 4.68 Å². The molecule has 0 radical (unpaired) electrons. The highest BCUT2D eigenvalue weighted by molar-refractivity contribution is 7.89. The van der Waals surface area contributed by atoms with Crippen LogP contribution in [0.25, 0.3) is 5.69 Å². The maximum atomic E-state index is 13.1. The zero-order valence-electron chi connectivity index (χ0n) is 26.2. The number of ether oxygens (including phenoxy) is 1. The van der Waals surface area contributed by atoms with Crippen LogP contribution < -0.4 is 10.6 Å². The summed E-state index contributed by atoms with van der Waals surface area (Å²) >= 11 is 0. The molecule has 2 amide bonds. The minimum absolute atomic E-state index is 0.153. The molecule has 4 aromatic rings. The van der Waals surface area contributed by atoms with Crippen LogP contribution in [0.2, 0.25) is 0 Å². The van der Waals surface area contributed by atoms with Crippen LogP contribution in [0.1, 0.15) is 61.0 Å². The van der Waals surface area contributed by atoms with Gasteiger partial charge in [0, 0.05) is 30.3 Å². The Hall–Kier alpha value is -4.42. The minimum atomic E-state index is -3.86. The van der Waals surface area contributed by atoms with Gasteiger partial charge in [0.1, 0.15) is 5.82 Å². The second-order valence-electron chi connectivity index (χ2n) is 12.4. The molecule has 1 aliphatic heterocycles. The Morgan fingerprint density at radius 2 is 1.71 bits per heavy atom. The molecular formula is C33H39N5O6S. The first-order valence-electron chi connectivity index (χ1n) is 14.9. The number of urea groups is 1. The number of nitrogens with zero attached hydrogens (tertiary/aromatic N) is 3. The molecule has 2 N–H and O–H groups in total. The van der Waals surface area contributed by atoms with E-state index in [-0.39, 0.29) is 28.2 Å². The first-order valence-corrected chi connectivity index (χ1v) is 16.3. The maximum Gasteiger partial charge on any atom is 0.374 e. The molecule has 0 aliphatic carbocycles. The molecule has 45 heavy (non-hydrogen) atoms. The fourth-order valence-corrected chi connectivity index (χ4v) is 6.64. The monoisotopic (exact) mass is 633 g/mol. The molecule has 2 aromatic carbocycles.